The van der Waals surface area contributed by atoms with E-state index in [0.29, 0.717) is 0 Å². The molecule has 0 radical (unpaired) electrons. The zero-order valence-electron chi connectivity index (χ0n) is 31.2. The molecule has 58 heavy (non-hydrogen) atoms. The molecule has 13 rings (SSSR count). The van der Waals surface area contributed by atoms with Gasteiger partial charge in [0.2, 0.25) is 0 Å². The summed E-state index contributed by atoms with van der Waals surface area (Å²) in [7, 11) is 0. The first-order chi connectivity index (χ1) is 28.8. The zero-order valence-corrected chi connectivity index (χ0v) is 31.2. The zero-order chi connectivity index (χ0) is 37.9. The molecule has 0 spiro atoms. The summed E-state index contributed by atoms with van der Waals surface area (Å²) in [5.74, 6) is 0. The number of rotatable bonds is 4. The summed E-state index contributed by atoms with van der Waals surface area (Å²) < 4.78 is 18.0. The smallest absolute Gasteiger partial charge is 0.143 e. The van der Waals surface area contributed by atoms with Gasteiger partial charge < -0.3 is 18.0 Å². The highest BCUT2D eigenvalue weighted by Crippen LogP contribution is 2.44. The van der Waals surface area contributed by atoms with Crippen molar-refractivity contribution in [1.29, 1.82) is 0 Å². The van der Waals surface area contributed by atoms with Crippen molar-refractivity contribution in [3.8, 4) is 33.6 Å². The SMILES string of the molecule is c1ccc(-n2c3ccccc3c3ccc(-c4cccc5c4c4ccccc4n5-c4ccc5oc6c(-c7cccc8c7oc7ccccc78)cccc6c5c4)cc32)cc1. The number of furan rings is 2. The van der Waals surface area contributed by atoms with Gasteiger partial charge in [0.25, 0.3) is 0 Å². The van der Waals surface area contributed by atoms with Gasteiger partial charge in [-0.3, -0.25) is 0 Å². The van der Waals surface area contributed by atoms with Crippen molar-refractivity contribution in [3.05, 3.63) is 194 Å². The standard InChI is InChI=1S/C54H32N2O2/c1-2-13-34(14-3-1)55-46-23-7-4-15-37(46)38-29-27-33(31-49(38)55)36-18-12-25-48-52(36)44-17-5-8-24-47(44)56(48)35-28-30-51-45(32-35)43-22-11-21-42(54(43)58-51)41-20-10-19-40-39-16-6-9-26-50(39)57-53(40)41/h1-32H. The number of fused-ring (bicyclic) bond motifs is 12. The third-order valence-electron chi connectivity index (χ3n) is 12.1. The molecule has 270 valence electrons. The van der Waals surface area contributed by atoms with Crippen molar-refractivity contribution < 1.29 is 8.83 Å². The van der Waals surface area contributed by atoms with Gasteiger partial charge in [-0.25, -0.2) is 0 Å². The van der Waals surface area contributed by atoms with Crippen molar-refractivity contribution in [3.63, 3.8) is 0 Å². The fourth-order valence-corrected chi connectivity index (χ4v) is 9.63. The molecule has 4 aromatic heterocycles. The second kappa shape index (κ2) is 11.8. The third kappa shape index (κ3) is 4.34. The number of nitrogens with zero attached hydrogens (tertiary/aromatic N) is 2. The van der Waals surface area contributed by atoms with Gasteiger partial charge in [-0.05, 0) is 71.8 Å². The van der Waals surface area contributed by atoms with Crippen LogP contribution in [0.1, 0.15) is 0 Å². The van der Waals surface area contributed by atoms with Gasteiger partial charge in [0.1, 0.15) is 22.3 Å². The second-order valence-electron chi connectivity index (χ2n) is 15.2. The van der Waals surface area contributed by atoms with Crippen molar-refractivity contribution in [2.24, 2.45) is 0 Å². The van der Waals surface area contributed by atoms with E-state index in [1.807, 2.05) is 12.1 Å². The van der Waals surface area contributed by atoms with E-state index in [2.05, 4.69) is 191 Å². The lowest BCUT2D eigenvalue weighted by atomic mass is 9.98. The fourth-order valence-electron chi connectivity index (χ4n) is 9.63. The number of benzene rings is 9. The Hall–Kier alpha value is -7.82. The van der Waals surface area contributed by atoms with Crippen LogP contribution in [0.25, 0.3) is 121 Å². The Kier molecular flexibility index (Phi) is 6.41. The molecule has 0 aliphatic heterocycles. The maximum absolute atomic E-state index is 6.73. The lowest BCUT2D eigenvalue weighted by Crippen LogP contribution is -1.94. The Morgan fingerprint density at radius 1 is 0.293 bits per heavy atom. The molecule has 0 N–H and O–H groups in total. The Labute approximate surface area is 332 Å². The van der Waals surface area contributed by atoms with Crippen LogP contribution in [0.5, 0.6) is 0 Å². The molecule has 4 nitrogen and oxygen atoms in total. The molecule has 0 fully saturated rings. The topological polar surface area (TPSA) is 36.1 Å². The van der Waals surface area contributed by atoms with Gasteiger partial charge in [-0.1, -0.05) is 133 Å². The van der Waals surface area contributed by atoms with Crippen LogP contribution in [-0.4, -0.2) is 9.13 Å². The molecule has 0 aliphatic carbocycles. The van der Waals surface area contributed by atoms with E-state index in [1.165, 1.54) is 43.7 Å². The second-order valence-corrected chi connectivity index (χ2v) is 15.2. The lowest BCUT2D eigenvalue weighted by Gasteiger charge is -2.11. The van der Waals surface area contributed by atoms with Crippen LogP contribution < -0.4 is 0 Å². The van der Waals surface area contributed by atoms with Crippen molar-refractivity contribution >= 4 is 87.5 Å². The molecule has 0 saturated carbocycles. The predicted molar refractivity (Wildman–Crippen MR) is 241 cm³/mol. The monoisotopic (exact) mass is 740 g/mol. The maximum Gasteiger partial charge on any atom is 0.143 e. The summed E-state index contributed by atoms with van der Waals surface area (Å²) in [5, 5.41) is 9.32. The van der Waals surface area contributed by atoms with Gasteiger partial charge in [-0.15, -0.1) is 0 Å². The first-order valence-electron chi connectivity index (χ1n) is 19.8. The highest BCUT2D eigenvalue weighted by Gasteiger charge is 2.21. The van der Waals surface area contributed by atoms with E-state index >= 15 is 0 Å². The number of hydrogen-bond acceptors (Lipinski definition) is 2. The molecule has 0 atom stereocenters. The Morgan fingerprint density at radius 2 is 0.845 bits per heavy atom. The summed E-state index contributed by atoms with van der Waals surface area (Å²) in [4.78, 5) is 0. The average molecular weight is 741 g/mol. The fraction of sp³-hybridized carbons (Fsp3) is 0. The summed E-state index contributed by atoms with van der Waals surface area (Å²) in [6.45, 7) is 0. The van der Waals surface area contributed by atoms with Gasteiger partial charge in [-0.2, -0.15) is 0 Å². The van der Waals surface area contributed by atoms with Crippen molar-refractivity contribution in [2.45, 2.75) is 0 Å². The van der Waals surface area contributed by atoms with Gasteiger partial charge >= 0.3 is 0 Å². The summed E-state index contributed by atoms with van der Waals surface area (Å²) in [6.07, 6.45) is 0. The molecule has 0 unspecified atom stereocenters. The Morgan fingerprint density at radius 3 is 1.64 bits per heavy atom. The normalized spacial score (nSPS) is 12.1. The molecule has 0 bridgehead atoms. The summed E-state index contributed by atoms with van der Waals surface area (Å²) in [6, 6.07) is 69.5. The highest BCUT2D eigenvalue weighted by atomic mass is 16.3. The van der Waals surface area contributed by atoms with E-state index in [0.717, 1.165) is 77.4 Å². The quantitative estimate of drug-likeness (QED) is 0.180. The molecule has 4 heteroatoms. The molecular weight excluding hydrogens is 709 g/mol. The van der Waals surface area contributed by atoms with Crippen LogP contribution in [0, 0.1) is 0 Å². The molecular formula is C54H32N2O2. The van der Waals surface area contributed by atoms with Crippen LogP contribution in [0.4, 0.5) is 0 Å². The van der Waals surface area contributed by atoms with Crippen LogP contribution >= 0.6 is 0 Å². The molecule has 0 amide bonds. The first kappa shape index (κ1) is 31.4. The van der Waals surface area contributed by atoms with Gasteiger partial charge in [0.15, 0.2) is 0 Å². The highest BCUT2D eigenvalue weighted by molar-refractivity contribution is 6.18. The van der Waals surface area contributed by atoms with E-state index in [9.17, 15) is 0 Å². The lowest BCUT2D eigenvalue weighted by molar-refractivity contribution is 0.665. The summed E-state index contributed by atoms with van der Waals surface area (Å²) >= 11 is 0. The van der Waals surface area contributed by atoms with E-state index in [-0.39, 0.29) is 0 Å². The largest absolute Gasteiger partial charge is 0.455 e. The van der Waals surface area contributed by atoms with Crippen molar-refractivity contribution in [2.75, 3.05) is 0 Å². The number of para-hydroxylation sites is 6. The molecule has 9 aromatic carbocycles. The molecule has 0 saturated heterocycles. The minimum atomic E-state index is 0.853. The number of hydrogen-bond donors (Lipinski definition) is 0. The average Bonchev–Trinajstić information content (AvgIpc) is 4.04. The Balaban J connectivity index is 1.01. The van der Waals surface area contributed by atoms with E-state index in [1.54, 1.807) is 0 Å². The van der Waals surface area contributed by atoms with E-state index in [4.69, 9.17) is 8.83 Å². The van der Waals surface area contributed by atoms with Crippen LogP contribution in [-0.2, 0) is 0 Å². The van der Waals surface area contributed by atoms with Crippen LogP contribution in [0.3, 0.4) is 0 Å². The van der Waals surface area contributed by atoms with Crippen molar-refractivity contribution in [1.82, 2.24) is 9.13 Å². The van der Waals surface area contributed by atoms with Crippen LogP contribution in [0.2, 0.25) is 0 Å². The molecule has 0 aliphatic rings. The Bertz CT molecular complexity index is 3800. The predicted octanol–water partition coefficient (Wildman–Crippen LogP) is 15.0. The minimum absolute atomic E-state index is 0.853. The summed E-state index contributed by atoms with van der Waals surface area (Å²) in [5.41, 5.74) is 14.9. The van der Waals surface area contributed by atoms with E-state index < -0.39 is 0 Å². The molecule has 13 aromatic rings. The molecule has 4 heterocycles. The van der Waals surface area contributed by atoms with Gasteiger partial charge in [0, 0.05) is 65.6 Å². The first-order valence-corrected chi connectivity index (χ1v) is 19.8. The maximum atomic E-state index is 6.73. The third-order valence-corrected chi connectivity index (χ3v) is 12.1. The van der Waals surface area contributed by atoms with Gasteiger partial charge in [0.05, 0.1) is 22.1 Å². The van der Waals surface area contributed by atoms with Crippen LogP contribution in [0.15, 0.2) is 203 Å². The number of aromatic nitrogens is 2. The minimum Gasteiger partial charge on any atom is -0.455 e.